The average molecular weight is 291 g/mol. The molecule has 0 saturated carbocycles. The maximum Gasteiger partial charge on any atom is 0.319 e. The van der Waals surface area contributed by atoms with Crippen molar-refractivity contribution in [3.63, 3.8) is 0 Å². The Morgan fingerprint density at radius 2 is 2.14 bits per heavy atom. The van der Waals surface area contributed by atoms with Gasteiger partial charge in [-0.2, -0.15) is 0 Å². The van der Waals surface area contributed by atoms with Gasteiger partial charge in [0.15, 0.2) is 0 Å². The van der Waals surface area contributed by atoms with E-state index in [1.807, 2.05) is 31.3 Å². The van der Waals surface area contributed by atoms with Gasteiger partial charge in [0.2, 0.25) is 0 Å². The number of carbonyl (C=O) groups excluding carboxylic acids is 1. The fraction of sp³-hybridized carbons (Fsp3) is 0.562. The van der Waals surface area contributed by atoms with Gasteiger partial charge in [0.25, 0.3) is 0 Å². The Kier molecular flexibility index (Phi) is 6.02. The van der Waals surface area contributed by atoms with E-state index in [0.29, 0.717) is 18.7 Å². The molecule has 0 spiro atoms. The van der Waals surface area contributed by atoms with Crippen LogP contribution >= 0.6 is 0 Å². The normalized spacial score (nSPS) is 19.2. The number of anilines is 1. The van der Waals surface area contributed by atoms with E-state index in [1.165, 1.54) is 5.56 Å². The number of urea groups is 1. The van der Waals surface area contributed by atoms with Gasteiger partial charge in [0.05, 0.1) is 6.10 Å². The third-order valence-corrected chi connectivity index (χ3v) is 3.88. The van der Waals surface area contributed by atoms with Gasteiger partial charge in [-0.15, -0.1) is 0 Å². The summed E-state index contributed by atoms with van der Waals surface area (Å²) in [5.41, 5.74) is 2.00. The lowest BCUT2D eigenvalue weighted by Crippen LogP contribution is -2.31. The topological polar surface area (TPSA) is 62.4 Å². The van der Waals surface area contributed by atoms with Crippen LogP contribution in [-0.4, -0.2) is 32.3 Å². The Morgan fingerprint density at radius 3 is 2.76 bits per heavy atom. The third kappa shape index (κ3) is 5.02. The van der Waals surface area contributed by atoms with Gasteiger partial charge in [-0.05, 0) is 50.9 Å². The summed E-state index contributed by atoms with van der Waals surface area (Å²) in [5.74, 6) is 0. The first-order valence-corrected chi connectivity index (χ1v) is 7.62. The van der Waals surface area contributed by atoms with Gasteiger partial charge in [0.1, 0.15) is 0 Å². The first kappa shape index (κ1) is 15.8. The molecule has 1 aliphatic heterocycles. The van der Waals surface area contributed by atoms with Crippen molar-refractivity contribution in [1.29, 1.82) is 0 Å². The van der Waals surface area contributed by atoms with Gasteiger partial charge in [-0.1, -0.05) is 12.1 Å². The van der Waals surface area contributed by atoms with Crippen molar-refractivity contribution in [2.24, 2.45) is 0 Å². The third-order valence-electron chi connectivity index (χ3n) is 3.88. The molecule has 2 unspecified atom stereocenters. The summed E-state index contributed by atoms with van der Waals surface area (Å²) in [6.45, 7) is 3.60. The number of hydrogen-bond donors (Lipinski definition) is 3. The lowest BCUT2D eigenvalue weighted by Gasteiger charge is -2.13. The molecule has 1 aliphatic rings. The van der Waals surface area contributed by atoms with Crippen molar-refractivity contribution in [3.8, 4) is 0 Å². The van der Waals surface area contributed by atoms with E-state index in [2.05, 4.69) is 22.9 Å². The standard InChI is InChI=1S/C16H25N3O2/c1-12(17-2)13-5-7-14(8-6-13)19-16(20)18-10-9-15-4-3-11-21-15/h5-8,12,15,17H,3-4,9-11H2,1-2H3,(H2,18,19,20). The minimum absolute atomic E-state index is 0.164. The highest BCUT2D eigenvalue weighted by Crippen LogP contribution is 2.16. The van der Waals surface area contributed by atoms with Gasteiger partial charge in [0, 0.05) is 24.9 Å². The molecule has 0 radical (unpaired) electrons. The maximum atomic E-state index is 11.8. The number of carbonyl (C=O) groups is 1. The summed E-state index contributed by atoms with van der Waals surface area (Å²) in [7, 11) is 1.93. The highest BCUT2D eigenvalue weighted by Gasteiger charge is 2.15. The second-order valence-electron chi connectivity index (χ2n) is 5.44. The molecule has 1 heterocycles. The number of nitrogens with one attached hydrogen (secondary N) is 3. The van der Waals surface area contributed by atoms with Crippen LogP contribution in [0.3, 0.4) is 0 Å². The summed E-state index contributed by atoms with van der Waals surface area (Å²) in [6.07, 6.45) is 3.43. The zero-order valence-electron chi connectivity index (χ0n) is 12.8. The lowest BCUT2D eigenvalue weighted by molar-refractivity contribution is 0.105. The molecule has 1 aromatic rings. The minimum atomic E-state index is -0.164. The predicted molar refractivity (Wildman–Crippen MR) is 84.5 cm³/mol. The van der Waals surface area contributed by atoms with Crippen LogP contribution in [0.2, 0.25) is 0 Å². The van der Waals surface area contributed by atoms with E-state index in [0.717, 1.165) is 31.6 Å². The largest absolute Gasteiger partial charge is 0.378 e. The maximum absolute atomic E-state index is 11.8. The molecule has 2 atom stereocenters. The van der Waals surface area contributed by atoms with Crippen LogP contribution in [0.1, 0.15) is 37.8 Å². The monoisotopic (exact) mass is 291 g/mol. The zero-order chi connectivity index (χ0) is 15.1. The van der Waals surface area contributed by atoms with Crippen LogP contribution < -0.4 is 16.0 Å². The Bertz CT molecular complexity index is 441. The summed E-state index contributed by atoms with van der Waals surface area (Å²) >= 11 is 0. The van der Waals surface area contributed by atoms with Crippen molar-refractivity contribution in [1.82, 2.24) is 10.6 Å². The van der Waals surface area contributed by atoms with Crippen LogP contribution in [0.4, 0.5) is 10.5 Å². The number of ether oxygens (including phenoxy) is 1. The van der Waals surface area contributed by atoms with E-state index in [1.54, 1.807) is 0 Å². The number of amides is 2. The number of rotatable bonds is 6. The zero-order valence-corrected chi connectivity index (χ0v) is 12.8. The Morgan fingerprint density at radius 1 is 1.38 bits per heavy atom. The SMILES string of the molecule is CNC(C)c1ccc(NC(=O)NCCC2CCCO2)cc1. The quantitative estimate of drug-likeness (QED) is 0.755. The fourth-order valence-corrected chi connectivity index (χ4v) is 2.42. The van der Waals surface area contributed by atoms with E-state index < -0.39 is 0 Å². The molecule has 2 amide bonds. The molecule has 5 nitrogen and oxygen atoms in total. The Hall–Kier alpha value is -1.59. The lowest BCUT2D eigenvalue weighted by atomic mass is 10.1. The van der Waals surface area contributed by atoms with Crippen molar-refractivity contribution in [3.05, 3.63) is 29.8 Å². The van der Waals surface area contributed by atoms with Crippen molar-refractivity contribution < 1.29 is 9.53 Å². The van der Waals surface area contributed by atoms with Gasteiger partial charge in [-0.25, -0.2) is 4.79 Å². The highest BCUT2D eigenvalue weighted by atomic mass is 16.5. The smallest absolute Gasteiger partial charge is 0.319 e. The highest BCUT2D eigenvalue weighted by molar-refractivity contribution is 5.89. The summed E-state index contributed by atoms with van der Waals surface area (Å²) in [5, 5.41) is 8.89. The minimum Gasteiger partial charge on any atom is -0.378 e. The molecular formula is C16H25N3O2. The van der Waals surface area contributed by atoms with E-state index in [9.17, 15) is 4.79 Å². The second-order valence-corrected chi connectivity index (χ2v) is 5.44. The molecule has 1 fully saturated rings. The molecule has 2 rings (SSSR count). The predicted octanol–water partition coefficient (Wildman–Crippen LogP) is 2.66. The molecule has 5 heteroatoms. The molecule has 1 saturated heterocycles. The van der Waals surface area contributed by atoms with E-state index in [-0.39, 0.29) is 6.03 Å². The van der Waals surface area contributed by atoms with Crippen molar-refractivity contribution in [2.45, 2.75) is 38.3 Å². The van der Waals surface area contributed by atoms with Crippen molar-refractivity contribution >= 4 is 11.7 Å². The van der Waals surface area contributed by atoms with Crippen molar-refractivity contribution in [2.75, 3.05) is 25.5 Å². The number of benzene rings is 1. The van der Waals surface area contributed by atoms with Gasteiger partial charge < -0.3 is 20.7 Å². The van der Waals surface area contributed by atoms with Gasteiger partial charge >= 0.3 is 6.03 Å². The summed E-state index contributed by atoms with van der Waals surface area (Å²) < 4.78 is 5.52. The Labute approximate surface area is 126 Å². The molecule has 3 N–H and O–H groups in total. The molecule has 0 aromatic heterocycles. The van der Waals surface area contributed by atoms with E-state index in [4.69, 9.17) is 4.74 Å². The molecule has 0 bridgehead atoms. The first-order valence-electron chi connectivity index (χ1n) is 7.62. The van der Waals surface area contributed by atoms with Crippen LogP contribution in [0.15, 0.2) is 24.3 Å². The molecule has 1 aromatic carbocycles. The molecule has 0 aliphatic carbocycles. The summed E-state index contributed by atoms with van der Waals surface area (Å²) in [6, 6.07) is 8.01. The second kappa shape index (κ2) is 8.00. The van der Waals surface area contributed by atoms with E-state index >= 15 is 0 Å². The van der Waals surface area contributed by atoms with Crippen LogP contribution in [0.5, 0.6) is 0 Å². The average Bonchev–Trinajstić information content (AvgIpc) is 3.00. The van der Waals surface area contributed by atoms with Crippen LogP contribution in [0, 0.1) is 0 Å². The Balaban J connectivity index is 1.71. The fourth-order valence-electron chi connectivity index (χ4n) is 2.42. The van der Waals surface area contributed by atoms with Crippen LogP contribution in [-0.2, 0) is 4.74 Å². The van der Waals surface area contributed by atoms with Crippen LogP contribution in [0.25, 0.3) is 0 Å². The molecule has 21 heavy (non-hydrogen) atoms. The number of hydrogen-bond acceptors (Lipinski definition) is 3. The summed E-state index contributed by atoms with van der Waals surface area (Å²) in [4.78, 5) is 11.8. The first-order chi connectivity index (χ1) is 10.2. The molecule has 116 valence electrons. The van der Waals surface area contributed by atoms with Gasteiger partial charge in [-0.3, -0.25) is 0 Å². The molecular weight excluding hydrogens is 266 g/mol.